The number of nitrogens with zero attached hydrogens (tertiary/aromatic N) is 1. The fraction of sp³-hybridized carbons (Fsp3) is 0.316. The van der Waals surface area contributed by atoms with Crippen LogP contribution in [0, 0.1) is 0 Å². The van der Waals surface area contributed by atoms with Crippen molar-refractivity contribution >= 4 is 31.7 Å². The molecule has 26 heavy (non-hydrogen) atoms. The van der Waals surface area contributed by atoms with Crippen LogP contribution in [0.2, 0.25) is 0 Å². The molecule has 0 spiro atoms. The van der Waals surface area contributed by atoms with Crippen molar-refractivity contribution in [3.63, 3.8) is 0 Å². The Labute approximate surface area is 164 Å². The molecular weight excluding hydrogens is 414 g/mol. The third-order valence-corrected chi connectivity index (χ3v) is 6.27. The van der Waals surface area contributed by atoms with Gasteiger partial charge in [0.1, 0.15) is 0 Å². The molecule has 0 aliphatic heterocycles. The Balaban J connectivity index is 1.88. The predicted octanol–water partition coefficient (Wildman–Crippen LogP) is 3.15. The van der Waals surface area contributed by atoms with Crippen molar-refractivity contribution in [3.05, 3.63) is 64.1 Å². The molecule has 0 unspecified atom stereocenters. The maximum atomic E-state index is 12.4. The lowest BCUT2D eigenvalue weighted by Gasteiger charge is -2.14. The zero-order chi connectivity index (χ0) is 19.0. The minimum Gasteiger partial charge on any atom is -0.355 e. The van der Waals surface area contributed by atoms with Crippen LogP contribution in [-0.2, 0) is 22.8 Å². The number of aliphatic imine (C=N–C) groups is 1. The maximum Gasteiger partial charge on any atom is 0.191 e. The molecule has 0 aliphatic carbocycles. The summed E-state index contributed by atoms with van der Waals surface area (Å²) >= 11 is 3.31. The van der Waals surface area contributed by atoms with E-state index in [9.17, 15) is 8.42 Å². The summed E-state index contributed by atoms with van der Waals surface area (Å²) in [5.74, 6) is 0.586. The molecule has 0 amide bonds. The second-order valence-corrected chi connectivity index (χ2v) is 8.77. The first-order valence-corrected chi connectivity index (χ1v) is 10.9. The molecule has 0 atom stereocenters. The van der Waals surface area contributed by atoms with E-state index in [1.807, 2.05) is 12.1 Å². The van der Waals surface area contributed by atoms with E-state index in [0.29, 0.717) is 17.4 Å². The van der Waals surface area contributed by atoms with E-state index in [-0.39, 0.29) is 12.3 Å². The Morgan fingerprint density at radius 1 is 1.04 bits per heavy atom. The zero-order valence-corrected chi connectivity index (χ0v) is 17.4. The van der Waals surface area contributed by atoms with Crippen LogP contribution in [0.25, 0.3) is 0 Å². The van der Waals surface area contributed by atoms with E-state index in [4.69, 9.17) is 0 Å². The molecule has 0 heterocycles. The molecule has 2 aromatic carbocycles. The molecule has 7 heteroatoms. The van der Waals surface area contributed by atoms with Crippen molar-refractivity contribution < 1.29 is 8.42 Å². The molecule has 0 saturated carbocycles. The first kappa shape index (κ1) is 20.5. The van der Waals surface area contributed by atoms with Gasteiger partial charge in [0, 0.05) is 24.6 Å². The summed E-state index contributed by atoms with van der Waals surface area (Å²) in [6, 6.07) is 14.9. The molecule has 0 aromatic heterocycles. The SMILES string of the molecule is CCc1ccccc1CNC(=NC)NCCS(=O)(=O)c1ccc(Br)cc1. The van der Waals surface area contributed by atoms with E-state index in [2.05, 4.69) is 50.6 Å². The summed E-state index contributed by atoms with van der Waals surface area (Å²) in [5.41, 5.74) is 2.49. The normalized spacial score (nSPS) is 12.0. The van der Waals surface area contributed by atoms with E-state index in [1.165, 1.54) is 11.1 Å². The number of halogens is 1. The van der Waals surface area contributed by atoms with Gasteiger partial charge < -0.3 is 10.6 Å². The third-order valence-electron chi connectivity index (χ3n) is 4.01. The van der Waals surface area contributed by atoms with Crippen LogP contribution < -0.4 is 10.6 Å². The Kier molecular flexibility index (Phi) is 7.66. The maximum absolute atomic E-state index is 12.4. The second kappa shape index (κ2) is 9.73. The van der Waals surface area contributed by atoms with Crippen molar-refractivity contribution in [2.45, 2.75) is 24.8 Å². The highest BCUT2D eigenvalue weighted by Crippen LogP contribution is 2.15. The van der Waals surface area contributed by atoms with Gasteiger partial charge in [-0.05, 0) is 41.8 Å². The summed E-state index contributed by atoms with van der Waals surface area (Å²) in [6.07, 6.45) is 0.968. The standard InChI is InChI=1S/C19H24BrN3O2S/c1-3-15-6-4-5-7-16(15)14-23-19(21-2)22-12-13-26(24,25)18-10-8-17(20)9-11-18/h4-11H,3,12-14H2,1-2H3,(H2,21,22,23). The van der Waals surface area contributed by atoms with Gasteiger partial charge >= 0.3 is 0 Å². The van der Waals surface area contributed by atoms with E-state index < -0.39 is 9.84 Å². The minimum atomic E-state index is -3.32. The lowest BCUT2D eigenvalue weighted by molar-refractivity contribution is 0.594. The smallest absolute Gasteiger partial charge is 0.191 e. The fourth-order valence-electron chi connectivity index (χ4n) is 2.54. The van der Waals surface area contributed by atoms with Gasteiger partial charge in [-0.25, -0.2) is 8.42 Å². The number of nitrogens with one attached hydrogen (secondary N) is 2. The summed E-state index contributed by atoms with van der Waals surface area (Å²) in [7, 11) is -1.65. The number of rotatable bonds is 7. The minimum absolute atomic E-state index is 0.000872. The molecule has 2 rings (SSSR count). The van der Waals surface area contributed by atoms with Crippen LogP contribution in [0.3, 0.4) is 0 Å². The van der Waals surface area contributed by atoms with Crippen molar-refractivity contribution in [2.75, 3.05) is 19.3 Å². The Hall–Kier alpha value is -1.86. The van der Waals surface area contributed by atoms with E-state index >= 15 is 0 Å². The van der Waals surface area contributed by atoms with E-state index in [1.54, 1.807) is 31.3 Å². The number of aryl methyl sites for hydroxylation is 1. The van der Waals surface area contributed by atoms with Gasteiger partial charge in [0.05, 0.1) is 10.6 Å². The summed E-state index contributed by atoms with van der Waals surface area (Å²) in [6.45, 7) is 3.05. The van der Waals surface area contributed by atoms with Crippen LogP contribution in [-0.4, -0.2) is 33.7 Å². The fourth-order valence-corrected chi connectivity index (χ4v) is 3.96. The van der Waals surface area contributed by atoms with Crippen molar-refractivity contribution in [1.82, 2.24) is 10.6 Å². The van der Waals surface area contributed by atoms with Crippen LogP contribution in [0.4, 0.5) is 0 Å². The monoisotopic (exact) mass is 437 g/mol. The molecule has 140 valence electrons. The summed E-state index contributed by atoms with van der Waals surface area (Å²) in [4.78, 5) is 4.48. The van der Waals surface area contributed by atoms with Gasteiger partial charge in [-0.3, -0.25) is 4.99 Å². The van der Waals surface area contributed by atoms with Gasteiger partial charge in [0.25, 0.3) is 0 Å². The van der Waals surface area contributed by atoms with Gasteiger partial charge in [0.2, 0.25) is 0 Å². The Bertz CT molecular complexity index is 849. The van der Waals surface area contributed by atoms with Crippen LogP contribution in [0.5, 0.6) is 0 Å². The largest absolute Gasteiger partial charge is 0.355 e. The highest BCUT2D eigenvalue weighted by atomic mass is 79.9. The quantitative estimate of drug-likeness (QED) is 0.515. The van der Waals surface area contributed by atoms with Gasteiger partial charge in [0.15, 0.2) is 15.8 Å². The molecule has 5 nitrogen and oxygen atoms in total. The van der Waals surface area contributed by atoms with Crippen LogP contribution >= 0.6 is 15.9 Å². The average Bonchev–Trinajstić information content (AvgIpc) is 2.65. The molecular formula is C19H24BrN3O2S. The van der Waals surface area contributed by atoms with Crippen molar-refractivity contribution in [2.24, 2.45) is 4.99 Å². The van der Waals surface area contributed by atoms with Crippen LogP contribution in [0.15, 0.2) is 62.9 Å². The number of benzene rings is 2. The van der Waals surface area contributed by atoms with Crippen molar-refractivity contribution in [1.29, 1.82) is 0 Å². The van der Waals surface area contributed by atoms with Gasteiger partial charge in [-0.2, -0.15) is 0 Å². The first-order chi connectivity index (χ1) is 12.5. The number of hydrogen-bond donors (Lipinski definition) is 2. The Morgan fingerprint density at radius 2 is 1.69 bits per heavy atom. The van der Waals surface area contributed by atoms with Crippen LogP contribution in [0.1, 0.15) is 18.1 Å². The molecule has 2 N–H and O–H groups in total. The highest BCUT2D eigenvalue weighted by Gasteiger charge is 2.14. The molecule has 0 saturated heterocycles. The molecule has 0 radical (unpaired) electrons. The van der Waals surface area contributed by atoms with E-state index in [0.717, 1.165) is 10.9 Å². The summed E-state index contributed by atoms with van der Waals surface area (Å²) in [5, 5.41) is 6.30. The Morgan fingerprint density at radius 3 is 2.31 bits per heavy atom. The second-order valence-electron chi connectivity index (χ2n) is 5.75. The lowest BCUT2D eigenvalue weighted by Crippen LogP contribution is -2.39. The predicted molar refractivity (Wildman–Crippen MR) is 110 cm³/mol. The topological polar surface area (TPSA) is 70.6 Å². The number of hydrogen-bond acceptors (Lipinski definition) is 3. The third kappa shape index (κ3) is 5.85. The van der Waals surface area contributed by atoms with Gasteiger partial charge in [-0.1, -0.05) is 47.1 Å². The van der Waals surface area contributed by atoms with Gasteiger partial charge in [-0.15, -0.1) is 0 Å². The zero-order valence-electron chi connectivity index (χ0n) is 15.0. The lowest BCUT2D eigenvalue weighted by atomic mass is 10.1. The van der Waals surface area contributed by atoms with Crippen molar-refractivity contribution in [3.8, 4) is 0 Å². The highest BCUT2D eigenvalue weighted by molar-refractivity contribution is 9.10. The number of guanidine groups is 1. The molecule has 0 fully saturated rings. The average molecular weight is 438 g/mol. The first-order valence-electron chi connectivity index (χ1n) is 8.46. The summed E-state index contributed by atoms with van der Waals surface area (Å²) < 4.78 is 25.6. The molecule has 0 bridgehead atoms. The molecule has 0 aliphatic rings. The molecule has 2 aromatic rings. The number of sulfone groups is 1.